The molecular weight excluding hydrogens is 284 g/mol. The van der Waals surface area contributed by atoms with Gasteiger partial charge in [0.15, 0.2) is 0 Å². The van der Waals surface area contributed by atoms with Gasteiger partial charge in [-0.3, -0.25) is 19.7 Å². The third-order valence-electron chi connectivity index (χ3n) is 3.93. The highest BCUT2D eigenvalue weighted by atomic mass is 16.5. The van der Waals surface area contributed by atoms with Crippen LogP contribution >= 0.6 is 0 Å². The Labute approximate surface area is 130 Å². The quantitative estimate of drug-likeness (QED) is 0.726. The number of amides is 1. The number of nitrogens with zero attached hydrogens (tertiary/aromatic N) is 4. The molecule has 1 aromatic heterocycles. The van der Waals surface area contributed by atoms with Crippen LogP contribution < -0.4 is 0 Å². The van der Waals surface area contributed by atoms with Crippen LogP contribution in [0.4, 0.5) is 0 Å². The standard InChI is InChI=1S/C15H24N4O3/c1-18(5-6-22-2)11-15(21)19-9-12(14(20)10-19)7-13-8-16-3-4-17-13/h3-4,8,12,14,20H,5-7,9-11H2,1-2H3/t12-,14-/m1/s1. The molecule has 122 valence electrons. The summed E-state index contributed by atoms with van der Waals surface area (Å²) >= 11 is 0. The van der Waals surface area contributed by atoms with Crippen molar-refractivity contribution in [3.05, 3.63) is 24.3 Å². The first kappa shape index (κ1) is 16.8. The van der Waals surface area contributed by atoms with E-state index >= 15 is 0 Å². The van der Waals surface area contributed by atoms with Crippen LogP contribution in [0.5, 0.6) is 0 Å². The Kier molecular flexibility index (Phi) is 6.23. The fraction of sp³-hybridized carbons (Fsp3) is 0.667. The highest BCUT2D eigenvalue weighted by molar-refractivity contribution is 5.78. The van der Waals surface area contributed by atoms with Crippen molar-refractivity contribution in [2.75, 3.05) is 46.9 Å². The molecular formula is C15H24N4O3. The Morgan fingerprint density at radius 1 is 1.50 bits per heavy atom. The van der Waals surface area contributed by atoms with Gasteiger partial charge < -0.3 is 14.7 Å². The number of hydrogen-bond donors (Lipinski definition) is 1. The minimum atomic E-state index is -0.504. The number of methoxy groups -OCH3 is 1. The molecule has 2 heterocycles. The van der Waals surface area contributed by atoms with E-state index in [1.807, 2.05) is 11.9 Å². The maximum Gasteiger partial charge on any atom is 0.236 e. The molecule has 1 saturated heterocycles. The highest BCUT2D eigenvalue weighted by Gasteiger charge is 2.34. The van der Waals surface area contributed by atoms with E-state index < -0.39 is 6.10 Å². The van der Waals surface area contributed by atoms with Gasteiger partial charge in [0.2, 0.25) is 5.91 Å². The number of aliphatic hydroxyl groups excluding tert-OH is 1. The molecule has 0 bridgehead atoms. The van der Waals surface area contributed by atoms with E-state index in [4.69, 9.17) is 4.74 Å². The van der Waals surface area contributed by atoms with E-state index in [-0.39, 0.29) is 11.8 Å². The number of β-amino-alcohol motifs (C(OH)–C–C–N with tert-alkyl or cyclic N) is 1. The lowest BCUT2D eigenvalue weighted by Crippen LogP contribution is -2.39. The molecule has 0 spiro atoms. The van der Waals surface area contributed by atoms with Gasteiger partial charge in [-0.25, -0.2) is 0 Å². The Bertz CT molecular complexity index is 471. The SMILES string of the molecule is COCCN(C)CC(=O)N1C[C@@H](Cc2cnccn2)[C@H](O)C1. The van der Waals surface area contributed by atoms with E-state index in [0.717, 1.165) is 5.69 Å². The van der Waals surface area contributed by atoms with Crippen LogP contribution in [0.3, 0.4) is 0 Å². The van der Waals surface area contributed by atoms with Crippen molar-refractivity contribution >= 4 is 5.91 Å². The Balaban J connectivity index is 1.83. The number of likely N-dealkylation sites (N-methyl/N-ethyl adjacent to an activating group) is 1. The smallest absolute Gasteiger partial charge is 0.236 e. The van der Waals surface area contributed by atoms with Gasteiger partial charge in [-0.1, -0.05) is 0 Å². The zero-order valence-electron chi connectivity index (χ0n) is 13.2. The van der Waals surface area contributed by atoms with E-state index in [1.54, 1.807) is 30.6 Å². The predicted molar refractivity (Wildman–Crippen MR) is 81.2 cm³/mol. The molecule has 7 heteroatoms. The number of hydrogen-bond acceptors (Lipinski definition) is 6. The second-order valence-corrected chi connectivity index (χ2v) is 5.76. The van der Waals surface area contributed by atoms with Crippen LogP contribution in [0, 0.1) is 5.92 Å². The molecule has 1 fully saturated rings. The number of ether oxygens (including phenoxy) is 1. The summed E-state index contributed by atoms with van der Waals surface area (Å²) in [7, 11) is 3.53. The van der Waals surface area contributed by atoms with Gasteiger partial charge >= 0.3 is 0 Å². The van der Waals surface area contributed by atoms with E-state index in [0.29, 0.717) is 39.2 Å². The van der Waals surface area contributed by atoms with Crippen LogP contribution in [0.15, 0.2) is 18.6 Å². The average Bonchev–Trinajstić information content (AvgIpc) is 2.87. The Morgan fingerprint density at radius 3 is 3.00 bits per heavy atom. The van der Waals surface area contributed by atoms with E-state index in [2.05, 4.69) is 9.97 Å². The van der Waals surface area contributed by atoms with Crippen molar-refractivity contribution in [1.29, 1.82) is 0 Å². The molecule has 1 aromatic rings. The zero-order valence-corrected chi connectivity index (χ0v) is 13.2. The number of aromatic nitrogens is 2. The van der Waals surface area contributed by atoms with Gasteiger partial charge in [-0.05, 0) is 13.5 Å². The molecule has 2 rings (SSSR count). The summed E-state index contributed by atoms with van der Waals surface area (Å²) in [5, 5.41) is 10.2. The number of carbonyl (C=O) groups excluding carboxylic acids is 1. The first-order valence-corrected chi connectivity index (χ1v) is 7.48. The zero-order chi connectivity index (χ0) is 15.9. The average molecular weight is 308 g/mol. The molecule has 0 saturated carbocycles. The molecule has 22 heavy (non-hydrogen) atoms. The van der Waals surface area contributed by atoms with Crippen LogP contribution in [0.1, 0.15) is 5.69 Å². The number of aliphatic hydroxyl groups is 1. The van der Waals surface area contributed by atoms with Crippen molar-refractivity contribution < 1.29 is 14.6 Å². The lowest BCUT2D eigenvalue weighted by atomic mass is 10.0. The fourth-order valence-electron chi connectivity index (χ4n) is 2.62. The van der Waals surface area contributed by atoms with Gasteiger partial charge in [-0.15, -0.1) is 0 Å². The molecule has 0 radical (unpaired) electrons. The molecule has 7 nitrogen and oxygen atoms in total. The molecule has 1 N–H and O–H groups in total. The first-order chi connectivity index (χ1) is 10.6. The van der Waals surface area contributed by atoms with Gasteiger partial charge in [0.25, 0.3) is 0 Å². The topological polar surface area (TPSA) is 78.8 Å². The van der Waals surface area contributed by atoms with Crippen molar-refractivity contribution in [2.24, 2.45) is 5.92 Å². The summed E-state index contributed by atoms with van der Waals surface area (Å²) in [4.78, 5) is 24.2. The van der Waals surface area contributed by atoms with Crippen LogP contribution in [-0.4, -0.2) is 83.8 Å². The van der Waals surface area contributed by atoms with Crippen molar-refractivity contribution in [2.45, 2.75) is 12.5 Å². The summed E-state index contributed by atoms with van der Waals surface area (Å²) in [5.74, 6) is 0.0595. The summed E-state index contributed by atoms with van der Waals surface area (Å²) < 4.78 is 5.00. The second-order valence-electron chi connectivity index (χ2n) is 5.76. The summed E-state index contributed by atoms with van der Waals surface area (Å²) in [6, 6.07) is 0. The van der Waals surface area contributed by atoms with E-state index in [9.17, 15) is 9.90 Å². The summed E-state index contributed by atoms with van der Waals surface area (Å²) in [5.41, 5.74) is 0.845. The summed E-state index contributed by atoms with van der Waals surface area (Å²) in [6.07, 6.45) is 5.11. The van der Waals surface area contributed by atoms with Crippen LogP contribution in [-0.2, 0) is 16.0 Å². The normalized spacial score (nSPS) is 21.5. The minimum Gasteiger partial charge on any atom is -0.391 e. The second kappa shape index (κ2) is 8.17. The number of likely N-dealkylation sites (tertiary alicyclic amines) is 1. The fourth-order valence-corrected chi connectivity index (χ4v) is 2.62. The third-order valence-corrected chi connectivity index (χ3v) is 3.93. The maximum absolute atomic E-state index is 12.3. The minimum absolute atomic E-state index is 0.0185. The molecule has 1 aliphatic rings. The maximum atomic E-state index is 12.3. The summed E-state index contributed by atoms with van der Waals surface area (Å²) in [6.45, 7) is 2.61. The predicted octanol–water partition coefficient (Wildman–Crippen LogP) is -0.583. The third kappa shape index (κ3) is 4.72. The van der Waals surface area contributed by atoms with Gasteiger partial charge in [-0.2, -0.15) is 0 Å². The molecule has 2 atom stereocenters. The molecule has 1 amide bonds. The van der Waals surface area contributed by atoms with Crippen LogP contribution in [0.25, 0.3) is 0 Å². The molecule has 0 unspecified atom stereocenters. The molecule has 1 aliphatic heterocycles. The molecule has 0 aromatic carbocycles. The van der Waals surface area contributed by atoms with E-state index in [1.165, 1.54) is 0 Å². The van der Waals surface area contributed by atoms with Gasteiger partial charge in [0.05, 0.1) is 24.9 Å². The lowest BCUT2D eigenvalue weighted by molar-refractivity contribution is -0.131. The van der Waals surface area contributed by atoms with Crippen molar-refractivity contribution in [3.8, 4) is 0 Å². The Hall–Kier alpha value is -1.57. The lowest BCUT2D eigenvalue weighted by Gasteiger charge is -2.21. The van der Waals surface area contributed by atoms with Crippen molar-refractivity contribution in [1.82, 2.24) is 19.8 Å². The first-order valence-electron chi connectivity index (χ1n) is 7.48. The van der Waals surface area contributed by atoms with Crippen molar-refractivity contribution in [3.63, 3.8) is 0 Å². The Morgan fingerprint density at radius 2 is 2.32 bits per heavy atom. The van der Waals surface area contributed by atoms with Crippen LogP contribution in [0.2, 0.25) is 0 Å². The largest absolute Gasteiger partial charge is 0.391 e. The monoisotopic (exact) mass is 308 g/mol. The van der Waals surface area contributed by atoms with Gasteiger partial charge in [0.1, 0.15) is 0 Å². The number of carbonyl (C=O) groups is 1. The highest BCUT2D eigenvalue weighted by Crippen LogP contribution is 2.20. The molecule has 0 aliphatic carbocycles. The number of rotatable bonds is 7. The van der Waals surface area contributed by atoms with Gasteiger partial charge in [0, 0.05) is 51.3 Å².